The van der Waals surface area contributed by atoms with E-state index in [9.17, 15) is 0 Å². The van der Waals surface area contributed by atoms with Crippen molar-refractivity contribution in [1.82, 2.24) is 0 Å². The summed E-state index contributed by atoms with van der Waals surface area (Å²) in [6, 6.07) is 0. The first kappa shape index (κ1) is 9.85. The minimum Gasteiger partial charge on any atom is -0.285 e. The summed E-state index contributed by atoms with van der Waals surface area (Å²) in [5.41, 5.74) is 1.17. The van der Waals surface area contributed by atoms with Crippen LogP contribution in [-0.4, -0.2) is 5.75 Å². The van der Waals surface area contributed by atoms with Gasteiger partial charge in [0.2, 0.25) is 5.75 Å². The van der Waals surface area contributed by atoms with Crippen LogP contribution in [0, 0.1) is 0 Å². The predicted molar refractivity (Wildman–Crippen MR) is 33.1 cm³/mol. The number of rotatable bonds is 0. The molecule has 0 amide bonds. The molecule has 2 heteroatoms. The molecule has 0 aromatic heterocycles. The summed E-state index contributed by atoms with van der Waals surface area (Å²) in [5.74, 6) is 0.222. The van der Waals surface area contributed by atoms with E-state index in [0.717, 1.165) is 0 Å². The maximum atomic E-state index is 8.57. The number of halogens is 1. The van der Waals surface area contributed by atoms with Crippen LogP contribution >= 0.6 is 11.6 Å². The fraction of sp³-hybridized carbons (Fsp3) is 0.400. The minimum absolute atomic E-state index is 0.222. The van der Waals surface area contributed by atoms with E-state index in [4.69, 9.17) is 4.79 Å². The van der Waals surface area contributed by atoms with Crippen LogP contribution in [0.2, 0.25) is 0 Å². The van der Waals surface area contributed by atoms with Crippen LogP contribution in [0.1, 0.15) is 13.8 Å². The fourth-order valence-electron chi connectivity index (χ4n) is 0. The monoisotopic (exact) mass is 120 g/mol. The Labute approximate surface area is 49.0 Å². The summed E-state index contributed by atoms with van der Waals surface area (Å²) >= 11 is 4.32. The SMILES string of the molecule is C=C(C)C.O=CCl. The maximum Gasteiger partial charge on any atom is 0.208 e. The molecule has 0 heterocycles. The molecule has 0 saturated carbocycles. The van der Waals surface area contributed by atoms with Gasteiger partial charge in [0.1, 0.15) is 0 Å². The van der Waals surface area contributed by atoms with Crippen LogP contribution in [0.3, 0.4) is 0 Å². The summed E-state index contributed by atoms with van der Waals surface area (Å²) < 4.78 is 0. The van der Waals surface area contributed by atoms with Gasteiger partial charge in [-0.15, -0.1) is 6.58 Å². The second-order valence-corrected chi connectivity index (χ2v) is 1.47. The van der Waals surface area contributed by atoms with Crippen molar-refractivity contribution in [3.8, 4) is 0 Å². The van der Waals surface area contributed by atoms with E-state index in [0.29, 0.717) is 0 Å². The van der Waals surface area contributed by atoms with E-state index in [2.05, 4.69) is 18.2 Å². The molecule has 0 fully saturated rings. The molecule has 0 atom stereocenters. The van der Waals surface area contributed by atoms with Crippen molar-refractivity contribution < 1.29 is 4.79 Å². The summed E-state index contributed by atoms with van der Waals surface area (Å²) in [7, 11) is 0. The largest absolute Gasteiger partial charge is 0.285 e. The number of carbonyl (C=O) groups is 1. The summed E-state index contributed by atoms with van der Waals surface area (Å²) in [6.07, 6.45) is 0. The van der Waals surface area contributed by atoms with E-state index in [1.54, 1.807) is 0 Å². The third-order valence-corrected chi connectivity index (χ3v) is 0. The van der Waals surface area contributed by atoms with Crippen LogP contribution in [0.5, 0.6) is 0 Å². The van der Waals surface area contributed by atoms with Gasteiger partial charge in [-0.3, -0.25) is 4.79 Å². The van der Waals surface area contributed by atoms with Gasteiger partial charge >= 0.3 is 0 Å². The smallest absolute Gasteiger partial charge is 0.208 e. The van der Waals surface area contributed by atoms with Crippen LogP contribution in [-0.2, 0) is 4.79 Å². The predicted octanol–water partition coefficient (Wildman–Crippen LogP) is 2.00. The molecule has 0 aliphatic carbocycles. The third-order valence-electron chi connectivity index (χ3n) is 0. The summed E-state index contributed by atoms with van der Waals surface area (Å²) in [4.78, 5) is 8.57. The first-order chi connectivity index (χ1) is 3.15. The zero-order valence-electron chi connectivity index (χ0n) is 4.57. The number of hydrogen-bond donors (Lipinski definition) is 0. The molecule has 0 saturated heterocycles. The van der Waals surface area contributed by atoms with Gasteiger partial charge in [0.25, 0.3) is 0 Å². The van der Waals surface area contributed by atoms with Gasteiger partial charge in [-0.2, -0.15) is 0 Å². The van der Waals surface area contributed by atoms with Crippen molar-refractivity contribution >= 4 is 17.3 Å². The van der Waals surface area contributed by atoms with E-state index >= 15 is 0 Å². The van der Waals surface area contributed by atoms with E-state index in [1.165, 1.54) is 5.57 Å². The van der Waals surface area contributed by atoms with Crippen molar-refractivity contribution in [3.05, 3.63) is 12.2 Å². The van der Waals surface area contributed by atoms with Crippen molar-refractivity contribution in [2.75, 3.05) is 0 Å². The minimum atomic E-state index is 0.222. The van der Waals surface area contributed by atoms with Crippen LogP contribution in [0.25, 0.3) is 0 Å². The zero-order chi connectivity index (χ0) is 6.28. The van der Waals surface area contributed by atoms with Gasteiger partial charge < -0.3 is 0 Å². The van der Waals surface area contributed by atoms with Gasteiger partial charge in [-0.05, 0) is 25.4 Å². The molecule has 0 N–H and O–H groups in total. The van der Waals surface area contributed by atoms with Crippen LogP contribution < -0.4 is 0 Å². The lowest BCUT2D eigenvalue weighted by atomic mass is 10.4. The molecule has 0 unspecified atom stereocenters. The Hall–Kier alpha value is -0.300. The first-order valence-corrected chi connectivity index (χ1v) is 2.24. The van der Waals surface area contributed by atoms with E-state index in [1.807, 2.05) is 13.8 Å². The molecule has 0 rings (SSSR count). The molecule has 42 valence electrons. The Morgan fingerprint density at radius 1 is 1.71 bits per heavy atom. The molecule has 0 aromatic carbocycles. The summed E-state index contributed by atoms with van der Waals surface area (Å²) in [5, 5.41) is 0. The Balaban J connectivity index is 0. The molecule has 7 heavy (non-hydrogen) atoms. The quantitative estimate of drug-likeness (QED) is 0.272. The van der Waals surface area contributed by atoms with Crippen molar-refractivity contribution in [3.63, 3.8) is 0 Å². The maximum absolute atomic E-state index is 8.57. The van der Waals surface area contributed by atoms with E-state index in [-0.39, 0.29) is 5.75 Å². The number of hydrogen-bond acceptors (Lipinski definition) is 1. The average molecular weight is 121 g/mol. The van der Waals surface area contributed by atoms with Gasteiger partial charge in [0.05, 0.1) is 0 Å². The van der Waals surface area contributed by atoms with Gasteiger partial charge in [0, 0.05) is 0 Å². The number of carbonyl (C=O) groups excluding carboxylic acids is 1. The lowest BCUT2D eigenvalue weighted by Crippen LogP contribution is -1.43. The van der Waals surface area contributed by atoms with E-state index < -0.39 is 0 Å². The van der Waals surface area contributed by atoms with Gasteiger partial charge in [-0.25, -0.2) is 0 Å². The Kier molecular flexibility index (Phi) is 12.9. The molecule has 0 radical (unpaired) electrons. The molecule has 0 aliphatic heterocycles. The van der Waals surface area contributed by atoms with Gasteiger partial charge in [0.15, 0.2) is 0 Å². The van der Waals surface area contributed by atoms with Crippen molar-refractivity contribution in [1.29, 1.82) is 0 Å². The normalized spacial score (nSPS) is 5.57. The molecule has 0 spiro atoms. The Bertz CT molecular complexity index is 55.1. The molecular formula is C5H9ClO. The highest BCUT2D eigenvalue weighted by molar-refractivity contribution is 6.54. The fourth-order valence-corrected chi connectivity index (χ4v) is 0. The molecule has 1 nitrogen and oxygen atoms in total. The second kappa shape index (κ2) is 9.20. The average Bonchev–Trinajstić information content (AvgIpc) is 1.33. The topological polar surface area (TPSA) is 17.1 Å². The van der Waals surface area contributed by atoms with Crippen LogP contribution in [0.15, 0.2) is 12.2 Å². The highest BCUT2D eigenvalue weighted by atomic mass is 35.5. The van der Waals surface area contributed by atoms with Crippen LogP contribution in [0.4, 0.5) is 0 Å². The first-order valence-electron chi connectivity index (χ1n) is 1.81. The molecule has 0 aromatic rings. The number of allylic oxidation sites excluding steroid dienone is 1. The van der Waals surface area contributed by atoms with Crippen molar-refractivity contribution in [2.45, 2.75) is 13.8 Å². The Morgan fingerprint density at radius 3 is 1.71 bits per heavy atom. The highest BCUT2D eigenvalue weighted by Gasteiger charge is 1.51. The Morgan fingerprint density at radius 2 is 1.71 bits per heavy atom. The highest BCUT2D eigenvalue weighted by Crippen LogP contribution is 1.73. The summed E-state index contributed by atoms with van der Waals surface area (Å²) in [6.45, 7) is 7.50. The zero-order valence-corrected chi connectivity index (χ0v) is 5.33. The molecule has 0 bridgehead atoms. The third kappa shape index (κ3) is 867. The standard InChI is InChI=1S/C4H8.CHClO/c1-4(2)3;2-1-3/h1H2,2-3H3;1H. The lowest BCUT2D eigenvalue weighted by molar-refractivity contribution is 0.569. The van der Waals surface area contributed by atoms with Crippen molar-refractivity contribution in [2.24, 2.45) is 0 Å². The lowest BCUT2D eigenvalue weighted by Gasteiger charge is -1.65. The molecule has 0 aliphatic rings. The second-order valence-electron chi connectivity index (χ2n) is 1.30. The molecular weight excluding hydrogens is 112 g/mol. The van der Waals surface area contributed by atoms with Gasteiger partial charge in [-0.1, -0.05) is 5.57 Å².